The smallest absolute Gasteiger partial charge is 0.321 e. The Morgan fingerprint density at radius 3 is 2.08 bits per heavy atom. The molecule has 0 radical (unpaired) electrons. The van der Waals surface area contributed by atoms with E-state index < -0.39 is 10.2 Å². The number of hydrogen-bond acceptors (Lipinski definition) is 4. The summed E-state index contributed by atoms with van der Waals surface area (Å²) in [6.45, 7) is 2.62. The van der Waals surface area contributed by atoms with Crippen LogP contribution in [0.25, 0.3) is 0 Å². The lowest BCUT2D eigenvalue weighted by molar-refractivity contribution is 0.181. The predicted molar refractivity (Wildman–Crippen MR) is 94.9 cm³/mol. The van der Waals surface area contributed by atoms with Gasteiger partial charge in [-0.2, -0.15) is 17.0 Å². The predicted octanol–water partition coefficient (Wildman–Crippen LogP) is 1.19. The van der Waals surface area contributed by atoms with Gasteiger partial charge in [0.25, 0.3) is 10.2 Å². The fourth-order valence-electron chi connectivity index (χ4n) is 3.08. The maximum absolute atomic E-state index is 12.5. The molecule has 25 heavy (non-hydrogen) atoms. The minimum absolute atomic E-state index is 0.219. The van der Waals surface area contributed by atoms with Gasteiger partial charge in [0.1, 0.15) is 5.75 Å². The number of benzene rings is 1. The van der Waals surface area contributed by atoms with Crippen LogP contribution in [-0.2, 0) is 10.2 Å². The number of anilines is 1. The van der Waals surface area contributed by atoms with Crippen molar-refractivity contribution in [3.8, 4) is 5.75 Å². The first-order valence-corrected chi connectivity index (χ1v) is 9.85. The number of urea groups is 1. The maximum Gasteiger partial charge on any atom is 0.321 e. The van der Waals surface area contributed by atoms with Crippen LogP contribution in [0.5, 0.6) is 5.75 Å². The quantitative estimate of drug-likeness (QED) is 0.865. The second-order valence-corrected chi connectivity index (χ2v) is 8.09. The zero-order valence-corrected chi connectivity index (χ0v) is 15.2. The Morgan fingerprint density at radius 2 is 1.52 bits per heavy atom. The van der Waals surface area contributed by atoms with Crippen LogP contribution in [0.15, 0.2) is 24.3 Å². The van der Waals surface area contributed by atoms with Crippen molar-refractivity contribution in [3.63, 3.8) is 0 Å². The van der Waals surface area contributed by atoms with Crippen molar-refractivity contribution in [3.05, 3.63) is 24.3 Å². The summed E-state index contributed by atoms with van der Waals surface area (Å²) in [5.41, 5.74) is 0.679. The van der Waals surface area contributed by atoms with Gasteiger partial charge in [-0.05, 0) is 37.1 Å². The molecule has 0 saturated carbocycles. The van der Waals surface area contributed by atoms with Crippen LogP contribution in [0.2, 0.25) is 0 Å². The molecule has 1 N–H and O–H groups in total. The third-order valence-corrected chi connectivity index (χ3v) is 6.62. The molecule has 1 aromatic rings. The highest BCUT2D eigenvalue weighted by Crippen LogP contribution is 2.19. The molecule has 2 aliphatic rings. The van der Waals surface area contributed by atoms with E-state index in [1.54, 1.807) is 40.6 Å². The van der Waals surface area contributed by atoms with E-state index in [0.717, 1.165) is 18.6 Å². The summed E-state index contributed by atoms with van der Waals surface area (Å²) in [6, 6.07) is 6.87. The highest BCUT2D eigenvalue weighted by Gasteiger charge is 2.34. The maximum atomic E-state index is 12.5. The number of ether oxygens (including phenoxy) is 1. The Balaban J connectivity index is 1.53. The molecule has 0 unspecified atom stereocenters. The standard InChI is InChI=1S/C16H24N4O4S/c1-24-15-6-4-14(5-7-15)17-16(21)18-10-12-20(13-11-18)25(22,23)19-8-2-3-9-19/h4-7H,2-3,8-13H2,1H3,(H,17,21). The second-order valence-electron chi connectivity index (χ2n) is 6.16. The van der Waals surface area contributed by atoms with Gasteiger partial charge in [-0.25, -0.2) is 4.79 Å². The number of hydrogen-bond donors (Lipinski definition) is 1. The van der Waals surface area contributed by atoms with Crippen molar-refractivity contribution >= 4 is 21.9 Å². The van der Waals surface area contributed by atoms with Gasteiger partial charge in [-0.3, -0.25) is 0 Å². The van der Waals surface area contributed by atoms with Crippen LogP contribution >= 0.6 is 0 Å². The molecule has 0 aliphatic carbocycles. The molecule has 3 rings (SSSR count). The third kappa shape index (κ3) is 4.05. The van der Waals surface area contributed by atoms with E-state index in [-0.39, 0.29) is 6.03 Å². The van der Waals surface area contributed by atoms with Crippen molar-refractivity contribution in [1.82, 2.24) is 13.5 Å². The van der Waals surface area contributed by atoms with Crippen LogP contribution < -0.4 is 10.1 Å². The minimum atomic E-state index is -3.38. The first kappa shape index (κ1) is 18.0. The van der Waals surface area contributed by atoms with E-state index in [1.165, 1.54) is 4.31 Å². The van der Waals surface area contributed by atoms with Crippen molar-refractivity contribution in [2.45, 2.75) is 12.8 Å². The average molecular weight is 368 g/mol. The Kier molecular flexibility index (Phi) is 5.45. The SMILES string of the molecule is COc1ccc(NC(=O)N2CCN(S(=O)(=O)N3CCCC3)CC2)cc1. The van der Waals surface area contributed by atoms with Crippen molar-refractivity contribution in [2.75, 3.05) is 51.7 Å². The van der Waals surface area contributed by atoms with Gasteiger partial charge in [-0.15, -0.1) is 0 Å². The molecule has 2 fully saturated rings. The number of carbonyl (C=O) groups excluding carboxylic acids is 1. The molecule has 0 bridgehead atoms. The lowest BCUT2D eigenvalue weighted by Gasteiger charge is -2.35. The monoisotopic (exact) mass is 368 g/mol. The molecule has 9 heteroatoms. The van der Waals surface area contributed by atoms with Crippen LogP contribution in [0.3, 0.4) is 0 Å². The van der Waals surface area contributed by atoms with Gasteiger partial charge < -0.3 is 15.0 Å². The van der Waals surface area contributed by atoms with Gasteiger partial charge in [-0.1, -0.05) is 0 Å². The first-order valence-electron chi connectivity index (χ1n) is 8.46. The summed E-state index contributed by atoms with van der Waals surface area (Å²) in [7, 11) is -1.80. The summed E-state index contributed by atoms with van der Waals surface area (Å²) in [5, 5.41) is 2.82. The van der Waals surface area contributed by atoms with Crippen LogP contribution in [-0.4, -0.2) is 74.3 Å². The first-order chi connectivity index (χ1) is 12.0. The molecule has 0 aromatic heterocycles. The molecule has 2 saturated heterocycles. The molecule has 0 atom stereocenters. The summed E-state index contributed by atoms with van der Waals surface area (Å²) in [5.74, 6) is 0.721. The van der Waals surface area contributed by atoms with Crippen molar-refractivity contribution < 1.29 is 17.9 Å². The molecule has 0 spiro atoms. The number of nitrogens with zero attached hydrogens (tertiary/aromatic N) is 3. The van der Waals surface area contributed by atoms with Crippen molar-refractivity contribution in [2.24, 2.45) is 0 Å². The number of carbonyl (C=O) groups is 1. The Hall–Kier alpha value is -1.84. The molecule has 138 valence electrons. The van der Waals surface area contributed by atoms with Crippen LogP contribution in [0, 0.1) is 0 Å². The van der Waals surface area contributed by atoms with Crippen LogP contribution in [0.1, 0.15) is 12.8 Å². The number of methoxy groups -OCH3 is 1. The lowest BCUT2D eigenvalue weighted by atomic mass is 10.3. The van der Waals surface area contributed by atoms with Gasteiger partial charge in [0.2, 0.25) is 0 Å². The van der Waals surface area contributed by atoms with E-state index in [0.29, 0.717) is 45.0 Å². The normalized spacial score (nSPS) is 19.8. The summed E-state index contributed by atoms with van der Waals surface area (Å²) in [4.78, 5) is 14.0. The van der Waals surface area contributed by atoms with E-state index in [4.69, 9.17) is 4.74 Å². The highest BCUT2D eigenvalue weighted by molar-refractivity contribution is 7.86. The number of amides is 2. The lowest BCUT2D eigenvalue weighted by Crippen LogP contribution is -2.54. The number of piperazine rings is 1. The largest absolute Gasteiger partial charge is 0.497 e. The minimum Gasteiger partial charge on any atom is -0.497 e. The summed E-state index contributed by atoms with van der Waals surface area (Å²) in [6.07, 6.45) is 1.84. The topological polar surface area (TPSA) is 82.2 Å². The molecule has 2 amide bonds. The van der Waals surface area contributed by atoms with Gasteiger partial charge in [0.05, 0.1) is 7.11 Å². The molecule has 8 nitrogen and oxygen atoms in total. The zero-order valence-electron chi connectivity index (χ0n) is 14.3. The van der Waals surface area contributed by atoms with Crippen molar-refractivity contribution in [1.29, 1.82) is 0 Å². The Bertz CT molecular complexity index is 693. The van der Waals surface area contributed by atoms with E-state index in [1.807, 2.05) is 0 Å². The van der Waals surface area contributed by atoms with Crippen LogP contribution in [0.4, 0.5) is 10.5 Å². The highest BCUT2D eigenvalue weighted by atomic mass is 32.2. The Morgan fingerprint density at radius 1 is 0.960 bits per heavy atom. The van der Waals surface area contributed by atoms with Gasteiger partial charge in [0, 0.05) is 45.0 Å². The fraction of sp³-hybridized carbons (Fsp3) is 0.562. The summed E-state index contributed by atoms with van der Waals surface area (Å²) >= 11 is 0. The number of rotatable bonds is 4. The fourth-order valence-corrected chi connectivity index (χ4v) is 4.75. The van der Waals surface area contributed by atoms with Gasteiger partial charge in [0.15, 0.2) is 0 Å². The molecular weight excluding hydrogens is 344 g/mol. The molecule has 1 aromatic carbocycles. The van der Waals surface area contributed by atoms with Gasteiger partial charge >= 0.3 is 6.03 Å². The second kappa shape index (κ2) is 7.59. The molecule has 2 aliphatic heterocycles. The molecule has 2 heterocycles. The zero-order chi connectivity index (χ0) is 17.9. The van der Waals surface area contributed by atoms with E-state index in [2.05, 4.69) is 5.32 Å². The number of nitrogens with one attached hydrogen (secondary N) is 1. The molecular formula is C16H24N4O4S. The summed E-state index contributed by atoms with van der Waals surface area (Å²) < 4.78 is 33.2. The average Bonchev–Trinajstić information content (AvgIpc) is 3.18. The van der Waals surface area contributed by atoms with E-state index in [9.17, 15) is 13.2 Å². The third-order valence-electron chi connectivity index (χ3n) is 4.58. The van der Waals surface area contributed by atoms with E-state index >= 15 is 0 Å². The Labute approximate surface area is 148 Å².